The first-order chi connectivity index (χ1) is 2.50. The van der Waals surface area contributed by atoms with E-state index in [-0.39, 0.29) is 19.8 Å². The van der Waals surface area contributed by atoms with E-state index in [1.807, 2.05) is 30.3 Å². The van der Waals surface area contributed by atoms with Gasteiger partial charge in [-0.15, -0.1) is 0 Å². The Balaban J connectivity index is 0.000000250. The zero-order valence-electron chi connectivity index (χ0n) is 3.33. The Morgan fingerprint density at radius 2 is 1.50 bits per heavy atom. The average Bonchev–Trinajstić information content (AvgIpc) is 1.76. The van der Waals surface area contributed by atoms with E-state index >= 15 is 0 Å². The Morgan fingerprint density at radius 3 is 1.67 bits per heavy atom. The predicted molar refractivity (Wildman–Crippen MR) is 26.2 cm³/mol. The molecule has 1 aromatic carbocycles. The van der Waals surface area contributed by atoms with Gasteiger partial charge in [-0.25, -0.2) is 12.1 Å². The summed E-state index contributed by atoms with van der Waals surface area (Å²) in [6, 6.07) is 10.0. The SMILES string of the molecule is [OsH3].c1cc[cH-]c1. The van der Waals surface area contributed by atoms with Crippen LogP contribution in [0.25, 0.3) is 0 Å². The summed E-state index contributed by atoms with van der Waals surface area (Å²) in [4.78, 5) is 0. The molecule has 0 nitrogen and oxygen atoms in total. The van der Waals surface area contributed by atoms with Crippen LogP contribution in [-0.2, 0) is 19.8 Å². The van der Waals surface area contributed by atoms with Crippen LogP contribution in [0.4, 0.5) is 0 Å². The summed E-state index contributed by atoms with van der Waals surface area (Å²) < 4.78 is 0. The normalized spacial score (nSPS) is 6.67. The molecule has 0 aliphatic heterocycles. The van der Waals surface area contributed by atoms with E-state index in [9.17, 15) is 0 Å². The molecule has 1 aromatic rings. The molecule has 0 unspecified atom stereocenters. The van der Waals surface area contributed by atoms with E-state index in [0.29, 0.717) is 0 Å². The van der Waals surface area contributed by atoms with E-state index in [0.717, 1.165) is 0 Å². The summed E-state index contributed by atoms with van der Waals surface area (Å²) in [5, 5.41) is 0. The van der Waals surface area contributed by atoms with Gasteiger partial charge in [-0.1, -0.05) is 0 Å². The van der Waals surface area contributed by atoms with E-state index in [1.54, 1.807) is 0 Å². The minimum Gasteiger partial charge on any atom is -0.214 e. The molecule has 0 atom stereocenters. The van der Waals surface area contributed by atoms with Crippen molar-refractivity contribution < 1.29 is 19.8 Å². The molecule has 37 valence electrons. The van der Waals surface area contributed by atoms with Crippen molar-refractivity contribution in [3.63, 3.8) is 0 Å². The van der Waals surface area contributed by atoms with Crippen molar-refractivity contribution in [2.45, 2.75) is 0 Å². The summed E-state index contributed by atoms with van der Waals surface area (Å²) in [5.74, 6) is 0. The van der Waals surface area contributed by atoms with Gasteiger partial charge in [-0.05, 0) is 0 Å². The monoisotopic (exact) mass is 260 g/mol. The fourth-order valence-corrected chi connectivity index (χ4v) is 0.321. The van der Waals surface area contributed by atoms with Gasteiger partial charge in [0.1, 0.15) is 0 Å². The van der Waals surface area contributed by atoms with E-state index in [2.05, 4.69) is 0 Å². The van der Waals surface area contributed by atoms with Gasteiger partial charge < -0.3 is 0 Å². The Morgan fingerprint density at radius 1 is 1.00 bits per heavy atom. The molecule has 0 aliphatic carbocycles. The van der Waals surface area contributed by atoms with Crippen LogP contribution >= 0.6 is 0 Å². The molecule has 0 spiro atoms. The fraction of sp³-hybridized carbons (Fsp3) is 0. The van der Waals surface area contributed by atoms with Gasteiger partial charge in [0.05, 0.1) is 0 Å². The first-order valence-corrected chi connectivity index (χ1v) is 1.67. The minimum atomic E-state index is 0. The van der Waals surface area contributed by atoms with Crippen molar-refractivity contribution in [1.82, 2.24) is 0 Å². The molecule has 0 aliphatic rings. The van der Waals surface area contributed by atoms with Gasteiger partial charge in [-0.2, -0.15) is 18.2 Å². The van der Waals surface area contributed by atoms with Crippen LogP contribution < -0.4 is 0 Å². The third-order valence-corrected chi connectivity index (χ3v) is 0.556. The van der Waals surface area contributed by atoms with Crippen molar-refractivity contribution in [3.8, 4) is 0 Å². The van der Waals surface area contributed by atoms with Gasteiger partial charge in [-0.3, -0.25) is 0 Å². The number of hydrogen-bond acceptors (Lipinski definition) is 0. The summed E-state index contributed by atoms with van der Waals surface area (Å²) >= 11 is 0. The van der Waals surface area contributed by atoms with Crippen molar-refractivity contribution in [2.75, 3.05) is 0 Å². The molecule has 0 fully saturated rings. The molecule has 0 radical (unpaired) electrons. The third kappa shape index (κ3) is 1.43. The molecule has 0 saturated heterocycles. The van der Waals surface area contributed by atoms with Crippen molar-refractivity contribution >= 4 is 0 Å². The molecule has 0 heterocycles. The molecule has 1 heteroatoms. The van der Waals surface area contributed by atoms with Gasteiger partial charge in [0.25, 0.3) is 0 Å². The molecule has 0 aromatic heterocycles. The Labute approximate surface area is 50.6 Å². The third-order valence-electron chi connectivity index (χ3n) is 0.556. The van der Waals surface area contributed by atoms with Gasteiger partial charge in [0.15, 0.2) is 0 Å². The molecular formula is C5H8Os-. The molecule has 0 saturated carbocycles. The fourth-order valence-electron chi connectivity index (χ4n) is 0.321. The maximum Gasteiger partial charge on any atom is -0.172 e. The first kappa shape index (κ1) is 5.99. The topological polar surface area (TPSA) is 0 Å². The molecule has 1 rings (SSSR count). The largest absolute Gasteiger partial charge is 0.214 e. The molecular weight excluding hydrogens is 250 g/mol. The van der Waals surface area contributed by atoms with Gasteiger partial charge in [0.2, 0.25) is 0 Å². The Hall–Kier alpha value is -0.0136. The van der Waals surface area contributed by atoms with Crippen LogP contribution in [-0.4, -0.2) is 0 Å². The Kier molecular flexibility index (Phi) is 3.18. The predicted octanol–water partition coefficient (Wildman–Crippen LogP) is 0.600. The summed E-state index contributed by atoms with van der Waals surface area (Å²) in [5.41, 5.74) is 0. The summed E-state index contributed by atoms with van der Waals surface area (Å²) in [6.45, 7) is 0. The maximum absolute atomic E-state index is 2.00. The van der Waals surface area contributed by atoms with Crippen LogP contribution in [0.15, 0.2) is 30.3 Å². The van der Waals surface area contributed by atoms with Gasteiger partial charge in [0, 0.05) is 0 Å². The van der Waals surface area contributed by atoms with E-state index < -0.39 is 0 Å². The van der Waals surface area contributed by atoms with Crippen molar-refractivity contribution in [1.29, 1.82) is 0 Å². The zero-order chi connectivity index (χ0) is 3.54. The number of hydrogen-bond donors (Lipinski definition) is 0. The first-order valence-electron chi connectivity index (χ1n) is 1.67. The average molecular weight is 258 g/mol. The molecule has 0 bridgehead atoms. The van der Waals surface area contributed by atoms with Crippen LogP contribution in [0.1, 0.15) is 0 Å². The minimum absolute atomic E-state index is 0. The summed E-state index contributed by atoms with van der Waals surface area (Å²) in [7, 11) is 0. The van der Waals surface area contributed by atoms with Crippen LogP contribution in [0.5, 0.6) is 0 Å². The van der Waals surface area contributed by atoms with Crippen LogP contribution in [0.3, 0.4) is 0 Å². The number of rotatable bonds is 0. The smallest absolute Gasteiger partial charge is 0.172 e. The quantitative estimate of drug-likeness (QED) is 0.598. The van der Waals surface area contributed by atoms with Crippen LogP contribution in [0.2, 0.25) is 0 Å². The molecule has 0 amide bonds. The second-order valence-corrected chi connectivity index (χ2v) is 0.962. The van der Waals surface area contributed by atoms with E-state index in [4.69, 9.17) is 0 Å². The van der Waals surface area contributed by atoms with Crippen molar-refractivity contribution in [2.24, 2.45) is 0 Å². The molecule has 0 N–H and O–H groups in total. The zero-order valence-corrected chi connectivity index (χ0v) is 6.55. The second kappa shape index (κ2) is 3.19. The summed E-state index contributed by atoms with van der Waals surface area (Å²) in [6.07, 6.45) is 0. The standard InChI is InChI=1S/C5H5.Os.3H/c1-2-4-5-3-1;;;;/h1-5H;;;;/q-1;;;;. The molecule has 6 heavy (non-hydrogen) atoms. The van der Waals surface area contributed by atoms with Crippen LogP contribution in [0, 0.1) is 0 Å². The Bertz CT molecular complexity index is 60.4. The van der Waals surface area contributed by atoms with E-state index in [1.165, 1.54) is 0 Å². The second-order valence-electron chi connectivity index (χ2n) is 0.962. The maximum atomic E-state index is 2.00. The van der Waals surface area contributed by atoms with Gasteiger partial charge >= 0.3 is 19.8 Å². The van der Waals surface area contributed by atoms with Crippen molar-refractivity contribution in [3.05, 3.63) is 30.3 Å².